The van der Waals surface area contributed by atoms with Crippen molar-refractivity contribution in [2.45, 2.75) is 12.5 Å². The predicted molar refractivity (Wildman–Crippen MR) is 49.8 cm³/mol. The van der Waals surface area contributed by atoms with Crippen LogP contribution in [0.3, 0.4) is 0 Å². The fourth-order valence-corrected chi connectivity index (χ4v) is 1.85. The van der Waals surface area contributed by atoms with E-state index in [4.69, 9.17) is 0 Å². The Morgan fingerprint density at radius 2 is 2.17 bits per heavy atom. The molecule has 55 valence electrons. The van der Waals surface area contributed by atoms with E-state index in [0.29, 0.717) is 5.54 Å². The van der Waals surface area contributed by atoms with Crippen molar-refractivity contribution >= 4 is 16.3 Å². The van der Waals surface area contributed by atoms with Crippen LogP contribution in [-0.2, 0) is 0 Å². The van der Waals surface area contributed by atoms with Gasteiger partial charge in [-0.05, 0) is 29.2 Å². The summed E-state index contributed by atoms with van der Waals surface area (Å²) in [6.45, 7) is 2.15. The smallest absolute Gasteiger partial charge is 1.00 e. The van der Waals surface area contributed by atoms with Gasteiger partial charge in [0.2, 0.25) is 0 Å². The minimum Gasteiger partial charge on any atom is -1.00 e. The van der Waals surface area contributed by atoms with Crippen LogP contribution in [0.25, 0.3) is 6.08 Å². The summed E-state index contributed by atoms with van der Waals surface area (Å²) in [6, 6.07) is 6.42. The number of allylic oxidation sites excluding steroid dienone is 1. The van der Waals surface area contributed by atoms with E-state index >= 15 is 0 Å². The molecule has 0 aromatic heterocycles. The Morgan fingerprint density at radius 1 is 1.42 bits per heavy atom. The molecule has 0 fully saturated rings. The Balaban J connectivity index is 0.000000720. The molecular weight excluding hydrogens is 171 g/mol. The molecule has 0 heterocycles. The molecule has 0 aliphatic heterocycles. The quantitative estimate of drug-likeness (QED) is 0.467. The molecule has 0 spiro atoms. The molecule has 0 amide bonds. The molecule has 1 aliphatic carbocycles. The molecule has 0 saturated carbocycles. The van der Waals surface area contributed by atoms with Crippen LogP contribution in [0, 0.1) is 6.92 Å². The maximum Gasteiger partial charge on any atom is 1.00 e. The van der Waals surface area contributed by atoms with E-state index in [-0.39, 0.29) is 31.0 Å². The van der Waals surface area contributed by atoms with Gasteiger partial charge in [0.15, 0.2) is 0 Å². The van der Waals surface area contributed by atoms with Gasteiger partial charge in [0.1, 0.15) is 0 Å². The monoisotopic (exact) mass is 181 g/mol. The van der Waals surface area contributed by atoms with Gasteiger partial charge in [-0.3, -0.25) is 0 Å². The summed E-state index contributed by atoms with van der Waals surface area (Å²) in [4.78, 5) is 0. The first kappa shape index (κ1) is 10.3. The van der Waals surface area contributed by atoms with E-state index in [1.807, 2.05) is 0 Å². The molecule has 2 heteroatoms. The SMILES string of the molecule is Cc1cccc2c1C=CC2[Si].[H-].[Na+]. The van der Waals surface area contributed by atoms with Crippen molar-refractivity contribution in [1.82, 2.24) is 0 Å². The van der Waals surface area contributed by atoms with Crippen LogP contribution in [0.5, 0.6) is 0 Å². The number of fused-ring (bicyclic) bond motifs is 1. The Hall–Kier alpha value is 0.177. The zero-order valence-corrected chi connectivity index (χ0v) is 10.5. The molecule has 0 saturated heterocycles. The van der Waals surface area contributed by atoms with E-state index in [9.17, 15) is 0 Å². The third-order valence-corrected chi connectivity index (χ3v) is 2.65. The predicted octanol–water partition coefficient (Wildman–Crippen LogP) is -0.652. The number of hydrogen-bond donors (Lipinski definition) is 0. The molecule has 0 bridgehead atoms. The van der Waals surface area contributed by atoms with Crippen molar-refractivity contribution in [1.29, 1.82) is 0 Å². The van der Waals surface area contributed by atoms with Crippen LogP contribution in [-0.4, -0.2) is 10.2 Å². The molecule has 2 rings (SSSR count). The van der Waals surface area contributed by atoms with Gasteiger partial charge in [-0.15, -0.1) is 0 Å². The van der Waals surface area contributed by atoms with E-state index in [0.717, 1.165) is 0 Å². The van der Waals surface area contributed by atoms with Gasteiger partial charge < -0.3 is 1.43 Å². The molecule has 1 unspecified atom stereocenters. The molecule has 1 aromatic rings. The zero-order chi connectivity index (χ0) is 7.84. The third-order valence-electron chi connectivity index (χ3n) is 2.15. The minimum absolute atomic E-state index is 0. The van der Waals surface area contributed by atoms with E-state index in [1.54, 1.807) is 0 Å². The second-order valence-electron chi connectivity index (χ2n) is 2.91. The first-order valence-corrected chi connectivity index (χ1v) is 4.35. The first-order valence-electron chi connectivity index (χ1n) is 3.78. The minimum atomic E-state index is 0. The summed E-state index contributed by atoms with van der Waals surface area (Å²) in [5.41, 5.74) is 4.55. The largest absolute Gasteiger partial charge is 1.00 e. The van der Waals surface area contributed by atoms with Crippen molar-refractivity contribution in [3.63, 3.8) is 0 Å². The van der Waals surface area contributed by atoms with Gasteiger partial charge in [-0.25, -0.2) is 0 Å². The first-order chi connectivity index (χ1) is 5.29. The topological polar surface area (TPSA) is 0 Å². The second kappa shape index (κ2) is 3.92. The van der Waals surface area contributed by atoms with Gasteiger partial charge in [0.25, 0.3) is 0 Å². The zero-order valence-electron chi connectivity index (χ0n) is 8.46. The molecular formula is C10H10NaSi. The Labute approximate surface area is 100 Å². The average molecular weight is 181 g/mol. The normalized spacial score (nSPS) is 18.7. The van der Waals surface area contributed by atoms with Crippen LogP contribution in [0.1, 0.15) is 23.7 Å². The number of benzene rings is 1. The molecule has 1 aromatic carbocycles. The maximum absolute atomic E-state index is 3.63. The summed E-state index contributed by atoms with van der Waals surface area (Å²) >= 11 is 0. The Bertz CT molecular complexity index is 323. The van der Waals surface area contributed by atoms with Crippen LogP contribution in [0.15, 0.2) is 24.3 Å². The third kappa shape index (κ3) is 1.60. The van der Waals surface area contributed by atoms with Gasteiger partial charge in [-0.2, -0.15) is 0 Å². The second-order valence-corrected chi connectivity index (χ2v) is 3.54. The summed E-state index contributed by atoms with van der Waals surface area (Å²) in [7, 11) is 3.63. The molecule has 12 heavy (non-hydrogen) atoms. The van der Waals surface area contributed by atoms with Gasteiger partial charge in [-0.1, -0.05) is 30.4 Å². The van der Waals surface area contributed by atoms with Gasteiger partial charge in [0, 0.05) is 10.2 Å². The molecule has 3 radical (unpaired) electrons. The number of hydrogen-bond acceptors (Lipinski definition) is 0. The Kier molecular flexibility index (Phi) is 3.35. The van der Waals surface area contributed by atoms with Crippen molar-refractivity contribution in [3.8, 4) is 0 Å². The van der Waals surface area contributed by atoms with Crippen molar-refractivity contribution in [3.05, 3.63) is 41.0 Å². The molecule has 0 nitrogen and oxygen atoms in total. The van der Waals surface area contributed by atoms with E-state index < -0.39 is 0 Å². The van der Waals surface area contributed by atoms with Crippen LogP contribution in [0.4, 0.5) is 0 Å². The van der Waals surface area contributed by atoms with E-state index in [2.05, 4.69) is 47.5 Å². The van der Waals surface area contributed by atoms with Crippen molar-refractivity contribution in [2.24, 2.45) is 0 Å². The fraction of sp³-hybridized carbons (Fsp3) is 0.200. The van der Waals surface area contributed by atoms with Gasteiger partial charge >= 0.3 is 29.6 Å². The number of rotatable bonds is 0. The van der Waals surface area contributed by atoms with Gasteiger partial charge in [0.05, 0.1) is 0 Å². The fourth-order valence-electron chi connectivity index (χ4n) is 1.50. The summed E-state index contributed by atoms with van der Waals surface area (Å²) in [6.07, 6.45) is 4.36. The average Bonchev–Trinajstić information content (AvgIpc) is 2.35. The standard InChI is InChI=1S/C10H9Si.Na.H/c1-7-3-2-4-9-8(7)5-6-10(9)11;;/h2-6,10H,1H3;;/q;+1;-1. The van der Waals surface area contributed by atoms with Crippen LogP contribution < -0.4 is 29.6 Å². The van der Waals surface area contributed by atoms with Crippen molar-refractivity contribution in [2.75, 3.05) is 0 Å². The number of aryl methyl sites for hydroxylation is 1. The maximum atomic E-state index is 3.63. The molecule has 0 N–H and O–H groups in total. The van der Waals surface area contributed by atoms with Crippen LogP contribution in [0.2, 0.25) is 0 Å². The van der Waals surface area contributed by atoms with Crippen LogP contribution >= 0.6 is 0 Å². The Morgan fingerprint density at radius 3 is 2.83 bits per heavy atom. The summed E-state index contributed by atoms with van der Waals surface area (Å²) < 4.78 is 0. The summed E-state index contributed by atoms with van der Waals surface area (Å²) in [5, 5.41) is 0. The summed E-state index contributed by atoms with van der Waals surface area (Å²) in [5.74, 6) is 0. The molecule has 1 aliphatic rings. The van der Waals surface area contributed by atoms with Crippen molar-refractivity contribution < 1.29 is 31.0 Å². The molecule has 1 atom stereocenters. The van der Waals surface area contributed by atoms with E-state index in [1.165, 1.54) is 16.7 Å².